The maximum atomic E-state index is 13.3. The number of hydrogen-bond donors (Lipinski definition) is 2. The Morgan fingerprint density at radius 2 is 1.93 bits per heavy atom. The molecule has 2 aromatic carbocycles. The predicted molar refractivity (Wildman–Crippen MR) is 117 cm³/mol. The zero-order valence-corrected chi connectivity index (χ0v) is 17.6. The van der Waals surface area contributed by atoms with Crippen LogP contribution in [0.2, 0.25) is 0 Å². The summed E-state index contributed by atoms with van der Waals surface area (Å²) in [5, 5.41) is 3.68. The molecule has 1 aromatic heterocycles. The highest BCUT2D eigenvalue weighted by Crippen LogP contribution is 2.32. The highest BCUT2D eigenvalue weighted by Gasteiger charge is 2.18. The molecule has 2 heterocycles. The van der Waals surface area contributed by atoms with Crippen molar-refractivity contribution in [2.24, 2.45) is 0 Å². The fourth-order valence-corrected chi connectivity index (χ4v) is 4.18. The van der Waals surface area contributed by atoms with Crippen LogP contribution >= 0.6 is 11.8 Å². The normalized spacial score (nSPS) is 16.0. The number of carbonyl (C=O) groups excluding carboxylic acids is 1. The Morgan fingerprint density at radius 3 is 2.63 bits per heavy atom. The van der Waals surface area contributed by atoms with Gasteiger partial charge in [-0.15, -0.1) is 0 Å². The molecule has 0 spiro atoms. The molecule has 5 nitrogen and oxygen atoms in total. The van der Waals surface area contributed by atoms with Crippen LogP contribution < -0.4 is 5.32 Å². The molecule has 2 N–H and O–H groups in total. The lowest BCUT2D eigenvalue weighted by atomic mass is 10.1. The SMILES string of the molecule is Cc1ccc(-c2[nH]c(-c3ccc(F)cc3)nc2SCC(=O)NCC2CCCO2)cc1. The van der Waals surface area contributed by atoms with Gasteiger partial charge in [0.1, 0.15) is 16.7 Å². The Hall–Kier alpha value is -2.64. The maximum Gasteiger partial charge on any atom is 0.230 e. The first kappa shape index (κ1) is 20.6. The second kappa shape index (κ2) is 9.45. The van der Waals surface area contributed by atoms with Gasteiger partial charge in [-0.05, 0) is 44.0 Å². The molecule has 1 aliphatic rings. The summed E-state index contributed by atoms with van der Waals surface area (Å²) in [4.78, 5) is 20.4. The number of aromatic nitrogens is 2. The van der Waals surface area contributed by atoms with E-state index in [-0.39, 0.29) is 23.6 Å². The lowest BCUT2D eigenvalue weighted by Gasteiger charge is -2.10. The molecule has 1 atom stereocenters. The average Bonchev–Trinajstić information content (AvgIpc) is 3.42. The molecule has 156 valence electrons. The van der Waals surface area contributed by atoms with E-state index in [1.807, 2.05) is 31.2 Å². The highest BCUT2D eigenvalue weighted by atomic mass is 32.2. The van der Waals surface area contributed by atoms with Gasteiger partial charge >= 0.3 is 0 Å². The van der Waals surface area contributed by atoms with E-state index in [0.717, 1.165) is 41.3 Å². The van der Waals surface area contributed by atoms with Crippen LogP contribution in [0, 0.1) is 12.7 Å². The van der Waals surface area contributed by atoms with Crippen molar-refractivity contribution in [3.05, 3.63) is 59.9 Å². The number of carbonyl (C=O) groups is 1. The first-order valence-electron chi connectivity index (χ1n) is 10.0. The Morgan fingerprint density at radius 1 is 1.20 bits per heavy atom. The van der Waals surface area contributed by atoms with E-state index in [1.54, 1.807) is 12.1 Å². The van der Waals surface area contributed by atoms with Crippen molar-refractivity contribution in [1.82, 2.24) is 15.3 Å². The van der Waals surface area contributed by atoms with Gasteiger partial charge in [-0.25, -0.2) is 9.37 Å². The fraction of sp³-hybridized carbons (Fsp3) is 0.304. The number of amides is 1. The van der Waals surface area contributed by atoms with Crippen molar-refractivity contribution in [2.45, 2.75) is 30.9 Å². The van der Waals surface area contributed by atoms with E-state index in [4.69, 9.17) is 9.72 Å². The van der Waals surface area contributed by atoms with Crippen molar-refractivity contribution in [1.29, 1.82) is 0 Å². The molecule has 4 rings (SSSR count). The van der Waals surface area contributed by atoms with Crippen LogP contribution in [-0.4, -0.2) is 40.9 Å². The van der Waals surface area contributed by atoms with E-state index >= 15 is 0 Å². The standard InChI is InChI=1S/C23H24FN3O2S/c1-15-4-6-16(7-5-15)21-23(27-22(26-21)17-8-10-18(24)11-9-17)30-14-20(28)25-13-19-3-2-12-29-19/h4-11,19H,2-3,12-14H2,1H3,(H,25,28)(H,26,27). The quantitative estimate of drug-likeness (QED) is 0.544. The van der Waals surface area contributed by atoms with Gasteiger partial charge in [0, 0.05) is 24.3 Å². The number of rotatable bonds is 7. The summed E-state index contributed by atoms with van der Waals surface area (Å²) >= 11 is 1.39. The third-order valence-electron chi connectivity index (χ3n) is 5.02. The molecule has 0 bridgehead atoms. The topological polar surface area (TPSA) is 67.0 Å². The number of nitrogens with zero attached hydrogens (tertiary/aromatic N) is 1. The van der Waals surface area contributed by atoms with Crippen LogP contribution in [0.15, 0.2) is 53.6 Å². The Kier molecular flexibility index (Phi) is 6.50. The van der Waals surface area contributed by atoms with Crippen molar-refractivity contribution in [2.75, 3.05) is 18.9 Å². The van der Waals surface area contributed by atoms with Crippen LogP contribution in [0.25, 0.3) is 22.6 Å². The van der Waals surface area contributed by atoms with Gasteiger partial charge in [0.15, 0.2) is 0 Å². The second-order valence-electron chi connectivity index (χ2n) is 7.37. The zero-order chi connectivity index (χ0) is 20.9. The average molecular weight is 426 g/mol. The highest BCUT2D eigenvalue weighted by molar-refractivity contribution is 8.00. The van der Waals surface area contributed by atoms with Crippen molar-refractivity contribution < 1.29 is 13.9 Å². The van der Waals surface area contributed by atoms with Gasteiger partial charge in [0.25, 0.3) is 0 Å². The predicted octanol–water partition coefficient (Wildman–Crippen LogP) is 4.58. The maximum absolute atomic E-state index is 13.3. The van der Waals surface area contributed by atoms with E-state index in [0.29, 0.717) is 12.4 Å². The number of ether oxygens (including phenoxy) is 1. The minimum atomic E-state index is -0.290. The monoisotopic (exact) mass is 425 g/mol. The van der Waals surface area contributed by atoms with E-state index in [9.17, 15) is 9.18 Å². The number of H-pyrrole nitrogens is 1. The number of nitrogens with one attached hydrogen (secondary N) is 2. The Labute approximate surface area is 179 Å². The summed E-state index contributed by atoms with van der Waals surface area (Å²) in [5.74, 6) is 0.574. The Bertz CT molecular complexity index is 996. The van der Waals surface area contributed by atoms with Crippen LogP contribution in [-0.2, 0) is 9.53 Å². The van der Waals surface area contributed by atoms with Gasteiger partial charge < -0.3 is 15.0 Å². The molecular weight excluding hydrogens is 401 g/mol. The largest absolute Gasteiger partial charge is 0.376 e. The van der Waals surface area contributed by atoms with Crippen molar-refractivity contribution in [3.8, 4) is 22.6 Å². The molecule has 1 unspecified atom stereocenters. The number of aromatic amines is 1. The number of thioether (sulfide) groups is 1. The summed E-state index contributed by atoms with van der Waals surface area (Å²) in [6, 6.07) is 14.3. The summed E-state index contributed by atoms with van der Waals surface area (Å²) in [6.45, 7) is 3.36. The number of aryl methyl sites for hydroxylation is 1. The third-order valence-corrected chi connectivity index (χ3v) is 5.99. The van der Waals surface area contributed by atoms with E-state index in [1.165, 1.54) is 29.5 Å². The lowest BCUT2D eigenvalue weighted by Crippen LogP contribution is -2.32. The number of halogens is 1. The van der Waals surface area contributed by atoms with Crippen molar-refractivity contribution in [3.63, 3.8) is 0 Å². The van der Waals surface area contributed by atoms with Gasteiger partial charge in [-0.1, -0.05) is 41.6 Å². The molecule has 1 saturated heterocycles. The lowest BCUT2D eigenvalue weighted by molar-refractivity contribution is -0.119. The van der Waals surface area contributed by atoms with E-state index in [2.05, 4.69) is 10.3 Å². The fourth-order valence-electron chi connectivity index (χ4n) is 3.34. The molecule has 3 aromatic rings. The summed E-state index contributed by atoms with van der Waals surface area (Å²) < 4.78 is 18.8. The number of imidazole rings is 1. The molecule has 0 saturated carbocycles. The molecule has 1 fully saturated rings. The Balaban J connectivity index is 1.51. The van der Waals surface area contributed by atoms with Crippen LogP contribution in [0.5, 0.6) is 0 Å². The molecular formula is C23H24FN3O2S. The van der Waals surface area contributed by atoms with Gasteiger partial charge in [0.05, 0.1) is 17.6 Å². The molecule has 0 radical (unpaired) electrons. The molecule has 7 heteroatoms. The summed E-state index contributed by atoms with van der Waals surface area (Å²) in [6.07, 6.45) is 2.16. The van der Waals surface area contributed by atoms with Gasteiger partial charge in [-0.2, -0.15) is 0 Å². The van der Waals surface area contributed by atoms with Crippen LogP contribution in [0.3, 0.4) is 0 Å². The minimum Gasteiger partial charge on any atom is -0.376 e. The van der Waals surface area contributed by atoms with E-state index < -0.39 is 0 Å². The summed E-state index contributed by atoms with van der Waals surface area (Å²) in [7, 11) is 0. The first-order chi connectivity index (χ1) is 14.6. The molecule has 1 amide bonds. The van der Waals surface area contributed by atoms with Gasteiger partial charge in [-0.3, -0.25) is 4.79 Å². The van der Waals surface area contributed by atoms with Gasteiger partial charge in [0.2, 0.25) is 5.91 Å². The van der Waals surface area contributed by atoms with Crippen LogP contribution in [0.4, 0.5) is 4.39 Å². The number of benzene rings is 2. The molecule has 0 aliphatic carbocycles. The number of hydrogen-bond acceptors (Lipinski definition) is 4. The minimum absolute atomic E-state index is 0.0447. The third kappa shape index (κ3) is 5.09. The second-order valence-corrected chi connectivity index (χ2v) is 8.33. The zero-order valence-electron chi connectivity index (χ0n) is 16.8. The first-order valence-corrected chi connectivity index (χ1v) is 11.0. The van der Waals surface area contributed by atoms with Crippen LogP contribution in [0.1, 0.15) is 18.4 Å². The molecule has 1 aliphatic heterocycles. The smallest absolute Gasteiger partial charge is 0.230 e. The van der Waals surface area contributed by atoms with Crippen molar-refractivity contribution >= 4 is 17.7 Å². The molecule has 30 heavy (non-hydrogen) atoms. The summed E-state index contributed by atoms with van der Waals surface area (Å²) in [5.41, 5.74) is 3.80.